The van der Waals surface area contributed by atoms with E-state index in [1.54, 1.807) is 11.3 Å². The van der Waals surface area contributed by atoms with Crippen molar-refractivity contribution in [3.8, 4) is 0 Å². The molecule has 16 heavy (non-hydrogen) atoms. The van der Waals surface area contributed by atoms with E-state index in [9.17, 15) is 0 Å². The fourth-order valence-corrected chi connectivity index (χ4v) is 3.06. The van der Waals surface area contributed by atoms with Crippen molar-refractivity contribution in [2.75, 3.05) is 0 Å². The van der Waals surface area contributed by atoms with Crippen LogP contribution in [0.5, 0.6) is 0 Å². The van der Waals surface area contributed by atoms with Gasteiger partial charge in [0.2, 0.25) is 0 Å². The first-order valence-corrected chi connectivity index (χ1v) is 6.93. The summed E-state index contributed by atoms with van der Waals surface area (Å²) in [6.45, 7) is 1.68. The van der Waals surface area contributed by atoms with Crippen LogP contribution >= 0.6 is 38.9 Å². The molecular formula is C12H11BrClNS. The standard InChI is InChI=1S/C12H11BrClNS/c13-12-6-5-10(16-12)8-15-7-9-3-1-2-4-11(9)14/h1-6,15H,7-8H2. The highest BCUT2D eigenvalue weighted by molar-refractivity contribution is 9.11. The lowest BCUT2D eigenvalue weighted by Gasteiger charge is -2.05. The van der Waals surface area contributed by atoms with Gasteiger partial charge >= 0.3 is 0 Å². The first-order chi connectivity index (χ1) is 7.75. The largest absolute Gasteiger partial charge is 0.308 e. The zero-order valence-electron chi connectivity index (χ0n) is 8.54. The maximum Gasteiger partial charge on any atom is 0.0701 e. The predicted molar refractivity (Wildman–Crippen MR) is 74.0 cm³/mol. The minimum atomic E-state index is 0.801. The summed E-state index contributed by atoms with van der Waals surface area (Å²) in [5, 5.41) is 4.20. The van der Waals surface area contributed by atoms with Gasteiger partial charge in [0.05, 0.1) is 3.79 Å². The molecule has 1 heterocycles. The number of rotatable bonds is 4. The van der Waals surface area contributed by atoms with Crippen LogP contribution in [-0.4, -0.2) is 0 Å². The van der Waals surface area contributed by atoms with Gasteiger partial charge in [0.1, 0.15) is 0 Å². The zero-order valence-corrected chi connectivity index (χ0v) is 11.7. The molecule has 1 N–H and O–H groups in total. The molecule has 2 aromatic rings. The molecule has 84 valence electrons. The van der Waals surface area contributed by atoms with Crippen molar-refractivity contribution in [3.05, 3.63) is 55.6 Å². The molecule has 0 unspecified atom stereocenters. The summed E-state index contributed by atoms with van der Waals surface area (Å²) in [5.41, 5.74) is 1.14. The Bertz CT molecular complexity index is 470. The van der Waals surface area contributed by atoms with Gasteiger partial charge in [-0.1, -0.05) is 29.8 Å². The normalized spacial score (nSPS) is 10.6. The summed E-state index contributed by atoms with van der Waals surface area (Å²) in [6, 6.07) is 12.1. The molecule has 0 amide bonds. The van der Waals surface area contributed by atoms with Crippen LogP contribution in [-0.2, 0) is 13.1 Å². The van der Waals surface area contributed by atoms with Crippen LogP contribution in [0, 0.1) is 0 Å². The lowest BCUT2D eigenvalue weighted by Crippen LogP contribution is -2.11. The number of nitrogens with one attached hydrogen (secondary N) is 1. The van der Waals surface area contributed by atoms with E-state index in [4.69, 9.17) is 11.6 Å². The maximum absolute atomic E-state index is 6.07. The van der Waals surface area contributed by atoms with Crippen LogP contribution in [0.1, 0.15) is 10.4 Å². The molecule has 0 fully saturated rings. The lowest BCUT2D eigenvalue weighted by molar-refractivity contribution is 0.701. The molecule has 0 radical (unpaired) electrons. The average Bonchev–Trinajstić information content (AvgIpc) is 2.67. The van der Waals surface area contributed by atoms with Gasteiger partial charge in [-0.2, -0.15) is 0 Å². The third kappa shape index (κ3) is 3.32. The topological polar surface area (TPSA) is 12.0 Å². The van der Waals surface area contributed by atoms with Gasteiger partial charge in [-0.05, 0) is 39.7 Å². The van der Waals surface area contributed by atoms with Crippen LogP contribution in [0.4, 0.5) is 0 Å². The SMILES string of the molecule is Clc1ccccc1CNCc1ccc(Br)s1. The molecule has 4 heteroatoms. The monoisotopic (exact) mass is 315 g/mol. The van der Waals surface area contributed by atoms with Gasteiger partial charge in [-0.25, -0.2) is 0 Å². The Morgan fingerprint density at radius 1 is 1.12 bits per heavy atom. The van der Waals surface area contributed by atoms with Crippen molar-refractivity contribution in [2.45, 2.75) is 13.1 Å². The molecular weight excluding hydrogens is 306 g/mol. The summed E-state index contributed by atoms with van der Waals surface area (Å²) < 4.78 is 1.17. The molecule has 0 spiro atoms. The maximum atomic E-state index is 6.07. The fraction of sp³-hybridized carbons (Fsp3) is 0.167. The second-order valence-electron chi connectivity index (χ2n) is 3.40. The third-order valence-corrected chi connectivity index (χ3v) is 4.19. The van der Waals surface area contributed by atoms with Crippen molar-refractivity contribution in [2.24, 2.45) is 0 Å². The Morgan fingerprint density at radius 3 is 2.62 bits per heavy atom. The van der Waals surface area contributed by atoms with E-state index in [1.807, 2.05) is 24.3 Å². The van der Waals surface area contributed by atoms with Crippen LogP contribution in [0.3, 0.4) is 0 Å². The summed E-state index contributed by atoms with van der Waals surface area (Å²) >= 11 is 11.3. The summed E-state index contributed by atoms with van der Waals surface area (Å²) in [7, 11) is 0. The Morgan fingerprint density at radius 2 is 1.94 bits per heavy atom. The van der Waals surface area contributed by atoms with Crippen molar-refractivity contribution >= 4 is 38.9 Å². The van der Waals surface area contributed by atoms with Gasteiger partial charge in [-0.15, -0.1) is 11.3 Å². The van der Waals surface area contributed by atoms with Gasteiger partial charge in [0.15, 0.2) is 0 Å². The van der Waals surface area contributed by atoms with E-state index < -0.39 is 0 Å². The van der Waals surface area contributed by atoms with E-state index in [1.165, 1.54) is 8.66 Å². The molecule has 2 rings (SSSR count). The molecule has 0 aliphatic heterocycles. The predicted octanol–water partition coefficient (Wildman–Crippen LogP) is 4.45. The van der Waals surface area contributed by atoms with Crippen LogP contribution in [0.15, 0.2) is 40.2 Å². The molecule has 0 aliphatic rings. The van der Waals surface area contributed by atoms with Gasteiger partial charge in [0, 0.05) is 23.0 Å². The molecule has 1 aromatic heterocycles. The summed E-state index contributed by atoms with van der Waals surface area (Å²) in [6.07, 6.45) is 0. The number of halogens is 2. The third-order valence-electron chi connectivity index (χ3n) is 2.20. The Kier molecular flexibility index (Phi) is 4.41. The Labute approximate surface area is 113 Å². The average molecular weight is 317 g/mol. The summed E-state index contributed by atoms with van der Waals surface area (Å²) in [4.78, 5) is 1.32. The number of hydrogen-bond acceptors (Lipinski definition) is 2. The van der Waals surface area contributed by atoms with Crippen molar-refractivity contribution < 1.29 is 0 Å². The second-order valence-corrected chi connectivity index (χ2v) is 6.36. The highest BCUT2D eigenvalue weighted by Crippen LogP contribution is 2.22. The van der Waals surface area contributed by atoms with Gasteiger partial charge in [-0.3, -0.25) is 0 Å². The van der Waals surface area contributed by atoms with E-state index >= 15 is 0 Å². The first kappa shape index (κ1) is 12.1. The van der Waals surface area contributed by atoms with Crippen molar-refractivity contribution in [3.63, 3.8) is 0 Å². The fourth-order valence-electron chi connectivity index (χ4n) is 1.41. The minimum absolute atomic E-state index is 0.801. The lowest BCUT2D eigenvalue weighted by atomic mass is 10.2. The van der Waals surface area contributed by atoms with Crippen molar-refractivity contribution in [1.82, 2.24) is 5.32 Å². The Hall–Kier alpha value is -0.350. The van der Waals surface area contributed by atoms with Crippen LogP contribution in [0.25, 0.3) is 0 Å². The highest BCUT2D eigenvalue weighted by atomic mass is 79.9. The van der Waals surface area contributed by atoms with E-state index in [2.05, 4.69) is 33.4 Å². The molecule has 0 saturated heterocycles. The van der Waals surface area contributed by atoms with Gasteiger partial charge in [0.25, 0.3) is 0 Å². The molecule has 1 nitrogen and oxygen atoms in total. The number of hydrogen-bond donors (Lipinski definition) is 1. The first-order valence-electron chi connectivity index (χ1n) is 4.94. The quantitative estimate of drug-likeness (QED) is 0.878. The smallest absolute Gasteiger partial charge is 0.0701 e. The highest BCUT2D eigenvalue weighted by Gasteiger charge is 2.00. The Balaban J connectivity index is 1.87. The van der Waals surface area contributed by atoms with E-state index in [0.29, 0.717) is 0 Å². The zero-order chi connectivity index (χ0) is 11.4. The van der Waals surface area contributed by atoms with E-state index in [-0.39, 0.29) is 0 Å². The van der Waals surface area contributed by atoms with Crippen LogP contribution in [0.2, 0.25) is 5.02 Å². The van der Waals surface area contributed by atoms with Gasteiger partial charge < -0.3 is 5.32 Å². The summed E-state index contributed by atoms with van der Waals surface area (Å²) in [5.74, 6) is 0. The van der Waals surface area contributed by atoms with Crippen molar-refractivity contribution in [1.29, 1.82) is 0 Å². The molecule has 0 aliphatic carbocycles. The van der Waals surface area contributed by atoms with Crippen LogP contribution < -0.4 is 5.32 Å². The minimum Gasteiger partial charge on any atom is -0.308 e. The number of benzene rings is 1. The molecule has 0 atom stereocenters. The molecule has 0 saturated carbocycles. The second kappa shape index (κ2) is 5.82. The number of thiophene rings is 1. The molecule has 0 bridgehead atoms. The van der Waals surface area contributed by atoms with E-state index in [0.717, 1.165) is 23.7 Å². The molecule has 1 aromatic carbocycles.